The van der Waals surface area contributed by atoms with E-state index in [-0.39, 0.29) is 5.91 Å². The number of nitrogens with zero attached hydrogens (tertiary/aromatic N) is 1. The molecular formula is C15H30N2O3. The number of quaternary nitrogens is 1. The molecule has 0 aliphatic heterocycles. The molecule has 0 heterocycles. The SMILES string of the molecule is C=CC(=O)NC[N+](CCC)(CCC)CCC.CC(=O)[O-]. The Morgan fingerprint density at radius 2 is 1.45 bits per heavy atom. The standard InChI is InChI=1S/C13H26N2O.C2H4O2/c1-5-9-15(10-6-2,11-7-3)12-14-13(16)8-4;1-2(3)4/h8H,4-7,9-12H2,1-3H3;1H3,(H,3,4). The number of carbonyl (C=O) groups is 2. The topological polar surface area (TPSA) is 69.2 Å². The molecule has 5 nitrogen and oxygen atoms in total. The highest BCUT2D eigenvalue weighted by Crippen LogP contribution is 2.10. The Morgan fingerprint density at radius 1 is 1.10 bits per heavy atom. The molecule has 0 aromatic carbocycles. The lowest BCUT2D eigenvalue weighted by molar-refractivity contribution is -0.930. The highest BCUT2D eigenvalue weighted by Gasteiger charge is 2.24. The molecule has 20 heavy (non-hydrogen) atoms. The first kappa shape index (κ1) is 20.9. The van der Waals surface area contributed by atoms with Gasteiger partial charge in [-0.2, -0.15) is 0 Å². The lowest BCUT2D eigenvalue weighted by Gasteiger charge is -2.38. The molecule has 0 radical (unpaired) electrons. The van der Waals surface area contributed by atoms with Crippen LogP contribution >= 0.6 is 0 Å². The first-order valence-electron chi connectivity index (χ1n) is 7.30. The number of amides is 1. The highest BCUT2D eigenvalue weighted by atomic mass is 16.4. The van der Waals surface area contributed by atoms with Gasteiger partial charge in [0, 0.05) is 5.97 Å². The largest absolute Gasteiger partial charge is 0.550 e. The summed E-state index contributed by atoms with van der Waals surface area (Å²) in [5, 5.41) is 11.8. The van der Waals surface area contributed by atoms with Gasteiger partial charge in [-0.1, -0.05) is 27.4 Å². The zero-order valence-electron chi connectivity index (χ0n) is 13.4. The third-order valence-electron chi connectivity index (χ3n) is 2.87. The number of carbonyl (C=O) groups excluding carboxylic acids is 2. The van der Waals surface area contributed by atoms with Crippen LogP contribution in [0.15, 0.2) is 12.7 Å². The molecule has 0 aliphatic rings. The number of carboxylic acid groups (broad SMARTS) is 1. The van der Waals surface area contributed by atoms with Crippen molar-refractivity contribution in [2.45, 2.75) is 47.0 Å². The Balaban J connectivity index is 0. The molecule has 0 saturated carbocycles. The van der Waals surface area contributed by atoms with Gasteiger partial charge in [0.1, 0.15) is 0 Å². The molecule has 0 aliphatic carbocycles. The van der Waals surface area contributed by atoms with Crippen molar-refractivity contribution in [3.05, 3.63) is 12.7 Å². The molecule has 118 valence electrons. The van der Waals surface area contributed by atoms with E-state index in [1.807, 2.05) is 0 Å². The fourth-order valence-electron chi connectivity index (χ4n) is 2.31. The van der Waals surface area contributed by atoms with Crippen LogP contribution in [-0.2, 0) is 9.59 Å². The number of hydrogen-bond acceptors (Lipinski definition) is 3. The summed E-state index contributed by atoms with van der Waals surface area (Å²) >= 11 is 0. The van der Waals surface area contributed by atoms with Crippen molar-refractivity contribution < 1.29 is 19.2 Å². The molecule has 1 N–H and O–H groups in total. The van der Waals surface area contributed by atoms with Gasteiger partial charge in [-0.15, -0.1) is 0 Å². The van der Waals surface area contributed by atoms with Gasteiger partial charge in [0.05, 0.1) is 19.6 Å². The number of aliphatic carboxylic acids is 1. The lowest BCUT2D eigenvalue weighted by atomic mass is 10.2. The molecule has 1 amide bonds. The summed E-state index contributed by atoms with van der Waals surface area (Å²) in [6.07, 6.45) is 4.82. The summed E-state index contributed by atoms with van der Waals surface area (Å²) in [5.41, 5.74) is 0. The van der Waals surface area contributed by atoms with E-state index in [9.17, 15) is 4.79 Å². The average Bonchev–Trinajstić information content (AvgIpc) is 2.36. The predicted octanol–water partition coefficient (Wildman–Crippen LogP) is 1.05. The van der Waals surface area contributed by atoms with Crippen molar-refractivity contribution in [2.24, 2.45) is 0 Å². The van der Waals surface area contributed by atoms with Crippen LogP contribution in [0, 0.1) is 0 Å². The van der Waals surface area contributed by atoms with Crippen LogP contribution in [0.2, 0.25) is 0 Å². The van der Waals surface area contributed by atoms with E-state index in [0.717, 1.165) is 57.0 Å². The van der Waals surface area contributed by atoms with Crippen LogP contribution in [0.4, 0.5) is 0 Å². The molecule has 0 aromatic rings. The van der Waals surface area contributed by atoms with E-state index in [2.05, 4.69) is 32.7 Å². The van der Waals surface area contributed by atoms with Crippen molar-refractivity contribution in [3.63, 3.8) is 0 Å². The average molecular weight is 286 g/mol. The van der Waals surface area contributed by atoms with Crippen molar-refractivity contribution in [1.29, 1.82) is 0 Å². The Morgan fingerprint density at radius 3 is 1.70 bits per heavy atom. The lowest BCUT2D eigenvalue weighted by Crippen LogP contribution is -2.55. The van der Waals surface area contributed by atoms with Crippen LogP contribution in [0.3, 0.4) is 0 Å². The first-order valence-corrected chi connectivity index (χ1v) is 7.30. The summed E-state index contributed by atoms with van der Waals surface area (Å²) in [7, 11) is 0. The fraction of sp³-hybridized carbons (Fsp3) is 0.733. The molecule has 0 spiro atoms. The maximum absolute atomic E-state index is 11.2. The van der Waals surface area contributed by atoms with E-state index in [4.69, 9.17) is 9.90 Å². The Hall–Kier alpha value is -1.36. The monoisotopic (exact) mass is 286 g/mol. The summed E-state index contributed by atoms with van der Waals surface area (Å²) in [5.74, 6) is -1.15. The second kappa shape index (κ2) is 12.7. The second-order valence-electron chi connectivity index (χ2n) is 4.91. The molecular weight excluding hydrogens is 256 g/mol. The molecule has 0 atom stereocenters. The fourth-order valence-corrected chi connectivity index (χ4v) is 2.31. The van der Waals surface area contributed by atoms with Crippen LogP contribution < -0.4 is 10.4 Å². The van der Waals surface area contributed by atoms with E-state index in [1.165, 1.54) is 6.08 Å². The quantitative estimate of drug-likeness (QED) is 0.391. The van der Waals surface area contributed by atoms with Gasteiger partial charge in [0.15, 0.2) is 6.67 Å². The van der Waals surface area contributed by atoms with Crippen molar-refractivity contribution in [1.82, 2.24) is 5.32 Å². The van der Waals surface area contributed by atoms with Gasteiger partial charge in [-0.3, -0.25) is 4.79 Å². The molecule has 0 saturated heterocycles. The van der Waals surface area contributed by atoms with Crippen molar-refractivity contribution in [2.75, 3.05) is 26.3 Å². The second-order valence-corrected chi connectivity index (χ2v) is 4.91. The summed E-state index contributed by atoms with van der Waals surface area (Å²) < 4.78 is 1.00. The molecule has 5 heteroatoms. The van der Waals surface area contributed by atoms with Crippen LogP contribution in [0.5, 0.6) is 0 Å². The number of carboxylic acids is 1. The van der Waals surface area contributed by atoms with Crippen LogP contribution in [-0.4, -0.2) is 42.7 Å². The Bertz CT molecular complexity index is 270. The number of nitrogens with one attached hydrogen (secondary N) is 1. The Labute approximate surface area is 123 Å². The molecule has 0 unspecified atom stereocenters. The smallest absolute Gasteiger partial charge is 0.247 e. The van der Waals surface area contributed by atoms with E-state index < -0.39 is 5.97 Å². The van der Waals surface area contributed by atoms with Gasteiger partial charge in [0.25, 0.3) is 0 Å². The van der Waals surface area contributed by atoms with Gasteiger partial charge >= 0.3 is 0 Å². The third-order valence-corrected chi connectivity index (χ3v) is 2.87. The van der Waals surface area contributed by atoms with Crippen LogP contribution in [0.1, 0.15) is 47.0 Å². The van der Waals surface area contributed by atoms with Crippen molar-refractivity contribution >= 4 is 11.9 Å². The van der Waals surface area contributed by atoms with Gasteiger partial charge < -0.3 is 19.7 Å². The normalized spacial score (nSPS) is 10.2. The van der Waals surface area contributed by atoms with Crippen LogP contribution in [0.25, 0.3) is 0 Å². The predicted molar refractivity (Wildman–Crippen MR) is 79.6 cm³/mol. The molecule has 0 rings (SSSR count). The first-order chi connectivity index (χ1) is 9.37. The molecule has 0 bridgehead atoms. The Kier molecular flexibility index (Phi) is 13.3. The van der Waals surface area contributed by atoms with E-state index in [1.54, 1.807) is 0 Å². The molecule has 0 fully saturated rings. The zero-order chi connectivity index (χ0) is 16.0. The minimum atomic E-state index is -1.08. The van der Waals surface area contributed by atoms with Gasteiger partial charge in [0.2, 0.25) is 5.91 Å². The zero-order valence-corrected chi connectivity index (χ0v) is 13.4. The summed E-state index contributed by atoms with van der Waals surface area (Å²) in [6, 6.07) is 0. The minimum absolute atomic E-state index is 0.0641. The third kappa shape index (κ3) is 11.7. The van der Waals surface area contributed by atoms with Gasteiger partial charge in [-0.05, 0) is 32.3 Å². The minimum Gasteiger partial charge on any atom is -0.550 e. The number of hydrogen-bond donors (Lipinski definition) is 1. The van der Waals surface area contributed by atoms with E-state index in [0.29, 0.717) is 0 Å². The highest BCUT2D eigenvalue weighted by molar-refractivity contribution is 5.86. The van der Waals surface area contributed by atoms with Crippen molar-refractivity contribution in [3.8, 4) is 0 Å². The number of rotatable bonds is 9. The summed E-state index contributed by atoms with van der Waals surface area (Å²) in [6.45, 7) is 15.2. The maximum atomic E-state index is 11.2. The maximum Gasteiger partial charge on any atom is 0.247 e. The summed E-state index contributed by atoms with van der Waals surface area (Å²) in [4.78, 5) is 20.1. The van der Waals surface area contributed by atoms with E-state index >= 15 is 0 Å². The van der Waals surface area contributed by atoms with Gasteiger partial charge in [-0.25, -0.2) is 0 Å². The molecule has 0 aromatic heterocycles.